The average molecular weight is 452 g/mol. The lowest BCUT2D eigenvalue weighted by molar-refractivity contribution is 0.0994. The summed E-state index contributed by atoms with van der Waals surface area (Å²) in [4.78, 5) is 2.49. The second-order valence-electron chi connectivity index (χ2n) is 8.63. The highest BCUT2D eigenvalue weighted by molar-refractivity contribution is 5.33. The molecule has 1 fully saturated rings. The first-order valence-corrected chi connectivity index (χ1v) is 11.6. The Labute approximate surface area is 195 Å². The van der Waals surface area contributed by atoms with Gasteiger partial charge in [0.2, 0.25) is 0 Å². The maximum Gasteiger partial charge on any atom is 0.123 e. The van der Waals surface area contributed by atoms with E-state index in [0.29, 0.717) is 0 Å². The molecular formula is C28H31F2NO2. The van der Waals surface area contributed by atoms with Crippen LogP contribution in [0.2, 0.25) is 0 Å². The van der Waals surface area contributed by atoms with Crippen molar-refractivity contribution < 1.29 is 18.3 Å². The smallest absolute Gasteiger partial charge is 0.123 e. The lowest BCUT2D eigenvalue weighted by Crippen LogP contribution is -2.38. The van der Waals surface area contributed by atoms with E-state index in [9.17, 15) is 8.78 Å². The third-order valence-electron chi connectivity index (χ3n) is 6.41. The van der Waals surface area contributed by atoms with Crippen molar-refractivity contribution in [2.45, 2.75) is 37.7 Å². The summed E-state index contributed by atoms with van der Waals surface area (Å²) in [5.74, 6) is 1.36. The third-order valence-corrected chi connectivity index (χ3v) is 6.41. The van der Waals surface area contributed by atoms with Crippen LogP contribution in [-0.2, 0) is 0 Å². The molecule has 0 aliphatic carbocycles. The highest BCUT2D eigenvalue weighted by atomic mass is 19.1. The summed E-state index contributed by atoms with van der Waals surface area (Å²) in [7, 11) is 1.66. The van der Waals surface area contributed by atoms with E-state index in [1.807, 2.05) is 48.5 Å². The van der Waals surface area contributed by atoms with Crippen LogP contribution in [0.5, 0.6) is 11.5 Å². The van der Waals surface area contributed by atoms with Gasteiger partial charge < -0.3 is 14.4 Å². The Hall–Kier alpha value is -2.92. The predicted molar refractivity (Wildman–Crippen MR) is 127 cm³/mol. The first-order chi connectivity index (χ1) is 16.1. The number of ether oxygens (including phenoxy) is 2. The van der Waals surface area contributed by atoms with E-state index in [0.717, 1.165) is 67.9 Å². The molecule has 5 heteroatoms. The molecule has 0 spiro atoms. The molecule has 0 N–H and O–H groups in total. The number of nitrogens with zero attached hydrogens (tertiary/aromatic N) is 1. The summed E-state index contributed by atoms with van der Waals surface area (Å²) in [6.45, 7) is 3.03. The van der Waals surface area contributed by atoms with Gasteiger partial charge in [-0.05, 0) is 91.9 Å². The minimum Gasteiger partial charge on any atom is -0.497 e. The fourth-order valence-electron chi connectivity index (χ4n) is 4.53. The van der Waals surface area contributed by atoms with E-state index in [4.69, 9.17) is 9.47 Å². The molecule has 1 aliphatic heterocycles. The quantitative estimate of drug-likeness (QED) is 0.374. The molecule has 3 aromatic rings. The Bertz CT molecular complexity index is 936. The molecule has 1 saturated heterocycles. The maximum absolute atomic E-state index is 13.4. The van der Waals surface area contributed by atoms with Gasteiger partial charge in [-0.3, -0.25) is 0 Å². The molecule has 3 nitrogen and oxygen atoms in total. The molecule has 0 bridgehead atoms. The summed E-state index contributed by atoms with van der Waals surface area (Å²) < 4.78 is 38.2. The maximum atomic E-state index is 13.4. The number of piperidine rings is 1. The van der Waals surface area contributed by atoms with Crippen LogP contribution in [0.4, 0.5) is 8.78 Å². The molecular weight excluding hydrogens is 420 g/mol. The van der Waals surface area contributed by atoms with Crippen molar-refractivity contribution in [2.24, 2.45) is 0 Å². The van der Waals surface area contributed by atoms with Gasteiger partial charge in [0, 0.05) is 19.0 Å². The van der Waals surface area contributed by atoms with Gasteiger partial charge >= 0.3 is 0 Å². The molecule has 174 valence electrons. The van der Waals surface area contributed by atoms with Gasteiger partial charge in [0.25, 0.3) is 0 Å². The van der Waals surface area contributed by atoms with Gasteiger partial charge in [-0.1, -0.05) is 24.3 Å². The van der Waals surface area contributed by atoms with Crippen LogP contribution in [0, 0.1) is 11.6 Å². The molecule has 0 radical (unpaired) electrons. The number of methoxy groups -OCH3 is 1. The highest BCUT2D eigenvalue weighted by Crippen LogP contribution is 2.30. The Balaban J connectivity index is 1.28. The molecule has 33 heavy (non-hydrogen) atoms. The minimum atomic E-state index is -0.240. The lowest BCUT2D eigenvalue weighted by atomic mass is 9.87. The molecule has 0 atom stereocenters. The average Bonchev–Trinajstić information content (AvgIpc) is 2.85. The second-order valence-corrected chi connectivity index (χ2v) is 8.63. The van der Waals surface area contributed by atoms with Crippen LogP contribution < -0.4 is 9.47 Å². The summed E-state index contributed by atoms with van der Waals surface area (Å²) in [6, 6.07) is 21.1. The number of hydrogen-bond acceptors (Lipinski definition) is 3. The highest BCUT2D eigenvalue weighted by Gasteiger charge is 2.21. The SMILES string of the molecule is COc1ccc(OC2CCN(CCCC(c3ccc(F)cc3)c3ccc(F)cc3)CC2)cc1. The summed E-state index contributed by atoms with van der Waals surface area (Å²) in [6.07, 6.45) is 4.19. The van der Waals surface area contributed by atoms with Crippen LogP contribution >= 0.6 is 0 Å². The van der Waals surface area contributed by atoms with Crippen LogP contribution in [-0.4, -0.2) is 37.7 Å². The monoisotopic (exact) mass is 451 g/mol. The summed E-state index contributed by atoms with van der Waals surface area (Å²) in [5.41, 5.74) is 2.13. The molecule has 1 heterocycles. The fraction of sp³-hybridized carbons (Fsp3) is 0.357. The van der Waals surface area contributed by atoms with Crippen LogP contribution in [0.1, 0.15) is 42.7 Å². The molecule has 0 unspecified atom stereocenters. The van der Waals surface area contributed by atoms with Crippen LogP contribution in [0.15, 0.2) is 72.8 Å². The van der Waals surface area contributed by atoms with Crippen LogP contribution in [0.25, 0.3) is 0 Å². The van der Waals surface area contributed by atoms with Crippen LogP contribution in [0.3, 0.4) is 0 Å². The molecule has 3 aromatic carbocycles. The zero-order valence-corrected chi connectivity index (χ0v) is 19.1. The van der Waals surface area contributed by atoms with Crippen molar-refractivity contribution in [2.75, 3.05) is 26.7 Å². The van der Waals surface area contributed by atoms with Gasteiger partial charge in [0.05, 0.1) is 7.11 Å². The Morgan fingerprint density at radius 3 is 1.82 bits per heavy atom. The van der Waals surface area contributed by atoms with Gasteiger partial charge in [0.15, 0.2) is 0 Å². The Morgan fingerprint density at radius 2 is 1.30 bits per heavy atom. The van der Waals surface area contributed by atoms with E-state index in [-0.39, 0.29) is 23.7 Å². The Kier molecular flexibility index (Phi) is 7.95. The third kappa shape index (κ3) is 6.55. The minimum absolute atomic E-state index is 0.127. The topological polar surface area (TPSA) is 21.7 Å². The van der Waals surface area contributed by atoms with E-state index in [1.54, 1.807) is 7.11 Å². The summed E-state index contributed by atoms with van der Waals surface area (Å²) in [5, 5.41) is 0. The van der Waals surface area contributed by atoms with Gasteiger partial charge in [-0.25, -0.2) is 8.78 Å². The molecule has 0 amide bonds. The zero-order chi connectivity index (χ0) is 23.0. The largest absolute Gasteiger partial charge is 0.497 e. The number of rotatable bonds is 9. The van der Waals surface area contributed by atoms with Crippen molar-refractivity contribution in [3.05, 3.63) is 95.6 Å². The van der Waals surface area contributed by atoms with E-state index >= 15 is 0 Å². The zero-order valence-electron chi connectivity index (χ0n) is 19.1. The number of halogens is 2. The van der Waals surface area contributed by atoms with Crippen molar-refractivity contribution in [1.82, 2.24) is 4.90 Å². The molecule has 4 rings (SSSR count). The van der Waals surface area contributed by atoms with E-state index in [1.165, 1.54) is 24.3 Å². The van der Waals surface area contributed by atoms with Crippen molar-refractivity contribution in [3.63, 3.8) is 0 Å². The first kappa shape index (κ1) is 23.2. The normalized spacial score (nSPS) is 15.0. The van der Waals surface area contributed by atoms with Crippen molar-refractivity contribution in [3.8, 4) is 11.5 Å². The Morgan fingerprint density at radius 1 is 0.788 bits per heavy atom. The van der Waals surface area contributed by atoms with Gasteiger partial charge in [-0.2, -0.15) is 0 Å². The van der Waals surface area contributed by atoms with Crippen molar-refractivity contribution >= 4 is 0 Å². The number of benzene rings is 3. The number of likely N-dealkylation sites (tertiary alicyclic amines) is 1. The molecule has 0 saturated carbocycles. The summed E-state index contributed by atoms with van der Waals surface area (Å²) >= 11 is 0. The molecule has 1 aliphatic rings. The predicted octanol–water partition coefficient (Wildman–Crippen LogP) is 6.43. The van der Waals surface area contributed by atoms with Gasteiger partial charge in [-0.15, -0.1) is 0 Å². The van der Waals surface area contributed by atoms with Gasteiger partial charge in [0.1, 0.15) is 29.2 Å². The lowest BCUT2D eigenvalue weighted by Gasteiger charge is -2.32. The fourth-order valence-corrected chi connectivity index (χ4v) is 4.53. The van der Waals surface area contributed by atoms with E-state index < -0.39 is 0 Å². The first-order valence-electron chi connectivity index (χ1n) is 11.6. The van der Waals surface area contributed by atoms with Crippen molar-refractivity contribution in [1.29, 1.82) is 0 Å². The van der Waals surface area contributed by atoms with E-state index in [2.05, 4.69) is 4.90 Å². The second kappa shape index (κ2) is 11.3. The number of hydrogen-bond donors (Lipinski definition) is 0. The standard InChI is InChI=1S/C28H31F2NO2/c1-32-25-12-14-26(15-13-25)33-27-16-19-31(20-17-27)18-2-3-28(21-4-8-23(29)9-5-21)22-6-10-24(30)11-7-22/h4-15,27-28H,2-3,16-20H2,1H3. The molecule has 0 aromatic heterocycles.